The van der Waals surface area contributed by atoms with E-state index >= 15 is 0 Å². The Morgan fingerprint density at radius 2 is 2.04 bits per heavy atom. The first-order valence-electron chi connectivity index (χ1n) is 8.27. The van der Waals surface area contributed by atoms with Gasteiger partial charge < -0.3 is 10.0 Å². The number of aromatic nitrogens is 3. The largest absolute Gasteiger partial charge is 0.394 e. The van der Waals surface area contributed by atoms with Crippen molar-refractivity contribution in [2.45, 2.75) is 32.7 Å². The molecule has 6 heteroatoms. The average molecular weight is 326 g/mol. The van der Waals surface area contributed by atoms with Crippen molar-refractivity contribution >= 4 is 5.91 Å². The predicted molar refractivity (Wildman–Crippen MR) is 90.3 cm³/mol. The smallest absolute Gasteiger partial charge is 0.273 e. The number of aliphatic hydroxyl groups excluding tert-OH is 1. The molecule has 1 fully saturated rings. The molecular weight excluding hydrogens is 304 g/mol. The fourth-order valence-electron chi connectivity index (χ4n) is 3.12. The van der Waals surface area contributed by atoms with Gasteiger partial charge in [-0.15, -0.1) is 0 Å². The number of hydrogen-bond acceptors (Lipinski definition) is 5. The summed E-state index contributed by atoms with van der Waals surface area (Å²) < 4.78 is 0. The summed E-state index contributed by atoms with van der Waals surface area (Å²) in [4.78, 5) is 27.9. The van der Waals surface area contributed by atoms with Crippen LogP contribution in [0.4, 0.5) is 0 Å². The Balaban J connectivity index is 2.01. The molecular formula is C18H22N4O2. The summed E-state index contributed by atoms with van der Waals surface area (Å²) in [6.07, 6.45) is 5.13. The van der Waals surface area contributed by atoms with Crippen molar-refractivity contribution in [3.8, 4) is 11.4 Å². The van der Waals surface area contributed by atoms with Crippen molar-refractivity contribution in [1.82, 2.24) is 19.9 Å². The first-order chi connectivity index (χ1) is 11.6. The van der Waals surface area contributed by atoms with Crippen LogP contribution in [0.1, 0.15) is 35.9 Å². The molecule has 2 atom stereocenters. The lowest BCUT2D eigenvalue weighted by Crippen LogP contribution is -2.48. The number of pyridine rings is 1. The predicted octanol–water partition coefficient (Wildman–Crippen LogP) is 2.08. The number of hydrogen-bond donors (Lipinski definition) is 1. The maximum atomic E-state index is 13.2. The number of aliphatic hydroxyl groups is 1. The number of likely N-dealkylation sites (tertiary alicyclic amines) is 1. The molecule has 126 valence electrons. The van der Waals surface area contributed by atoms with Crippen molar-refractivity contribution in [1.29, 1.82) is 0 Å². The van der Waals surface area contributed by atoms with Crippen LogP contribution in [0.5, 0.6) is 0 Å². The molecule has 0 spiro atoms. The zero-order chi connectivity index (χ0) is 17.1. The molecule has 1 amide bonds. The minimum atomic E-state index is -0.160. The summed E-state index contributed by atoms with van der Waals surface area (Å²) in [5.74, 6) is 0.740. The van der Waals surface area contributed by atoms with Crippen molar-refractivity contribution in [2.75, 3.05) is 13.2 Å². The van der Waals surface area contributed by atoms with Crippen molar-refractivity contribution in [2.24, 2.45) is 5.92 Å². The fourth-order valence-corrected chi connectivity index (χ4v) is 3.12. The average Bonchev–Trinajstić information content (AvgIpc) is 2.61. The number of carbonyl (C=O) groups excluding carboxylic acids is 1. The Morgan fingerprint density at radius 3 is 2.75 bits per heavy atom. The van der Waals surface area contributed by atoms with Gasteiger partial charge in [-0.1, -0.05) is 6.92 Å². The highest BCUT2D eigenvalue weighted by Crippen LogP contribution is 2.26. The van der Waals surface area contributed by atoms with Crippen LogP contribution < -0.4 is 0 Å². The quantitative estimate of drug-likeness (QED) is 0.934. The summed E-state index contributed by atoms with van der Waals surface area (Å²) in [6, 6.07) is 5.28. The van der Waals surface area contributed by atoms with Crippen LogP contribution in [0, 0.1) is 12.8 Å². The van der Waals surface area contributed by atoms with E-state index in [1.807, 2.05) is 19.1 Å². The first-order valence-corrected chi connectivity index (χ1v) is 8.27. The summed E-state index contributed by atoms with van der Waals surface area (Å²) in [5.41, 5.74) is 1.75. The number of piperidine rings is 1. The SMILES string of the molecule is Cc1ccc(-c2ncccn2)c(C(=O)N2CC(C)CCC2CO)n1. The second-order valence-electron chi connectivity index (χ2n) is 6.40. The van der Waals surface area contributed by atoms with E-state index in [1.165, 1.54) is 0 Å². The van der Waals surface area contributed by atoms with E-state index in [1.54, 1.807) is 23.4 Å². The first kappa shape index (κ1) is 16.5. The van der Waals surface area contributed by atoms with Gasteiger partial charge in [0, 0.05) is 24.6 Å². The lowest BCUT2D eigenvalue weighted by atomic mass is 9.94. The highest BCUT2D eigenvalue weighted by atomic mass is 16.3. The van der Waals surface area contributed by atoms with Gasteiger partial charge in [0.2, 0.25) is 0 Å². The van der Waals surface area contributed by atoms with Crippen LogP contribution >= 0.6 is 0 Å². The van der Waals surface area contributed by atoms with Gasteiger partial charge in [-0.25, -0.2) is 15.0 Å². The zero-order valence-electron chi connectivity index (χ0n) is 14.0. The molecule has 1 N–H and O–H groups in total. The maximum absolute atomic E-state index is 13.2. The highest BCUT2D eigenvalue weighted by Gasteiger charge is 2.32. The van der Waals surface area contributed by atoms with Crippen LogP contribution in [0.2, 0.25) is 0 Å². The molecule has 3 heterocycles. The van der Waals surface area contributed by atoms with E-state index in [4.69, 9.17) is 0 Å². The van der Waals surface area contributed by atoms with Gasteiger partial charge in [0.15, 0.2) is 5.82 Å². The molecule has 1 saturated heterocycles. The molecule has 2 unspecified atom stereocenters. The lowest BCUT2D eigenvalue weighted by molar-refractivity contribution is 0.0415. The fraction of sp³-hybridized carbons (Fsp3) is 0.444. The summed E-state index contributed by atoms with van der Waals surface area (Å²) in [7, 11) is 0. The molecule has 0 saturated carbocycles. The van der Waals surface area contributed by atoms with E-state index in [9.17, 15) is 9.90 Å². The lowest BCUT2D eigenvalue weighted by Gasteiger charge is -2.37. The van der Waals surface area contributed by atoms with E-state index in [0.29, 0.717) is 29.5 Å². The third-order valence-electron chi connectivity index (χ3n) is 4.46. The number of aryl methyl sites for hydroxylation is 1. The van der Waals surface area contributed by atoms with E-state index in [0.717, 1.165) is 18.5 Å². The minimum Gasteiger partial charge on any atom is -0.394 e. The van der Waals surface area contributed by atoms with E-state index in [2.05, 4.69) is 21.9 Å². The van der Waals surface area contributed by atoms with Crippen LogP contribution in [-0.4, -0.2) is 50.1 Å². The molecule has 1 aliphatic heterocycles. The summed E-state index contributed by atoms with van der Waals surface area (Å²) in [5, 5.41) is 9.65. The third-order valence-corrected chi connectivity index (χ3v) is 4.46. The molecule has 0 aromatic carbocycles. The maximum Gasteiger partial charge on any atom is 0.273 e. The number of nitrogens with zero attached hydrogens (tertiary/aromatic N) is 4. The Kier molecular flexibility index (Phi) is 4.85. The molecule has 2 aromatic heterocycles. The molecule has 6 nitrogen and oxygen atoms in total. The van der Waals surface area contributed by atoms with Gasteiger partial charge in [-0.3, -0.25) is 4.79 Å². The molecule has 3 rings (SSSR count). The van der Waals surface area contributed by atoms with Crippen LogP contribution in [0.25, 0.3) is 11.4 Å². The van der Waals surface area contributed by atoms with E-state index in [-0.39, 0.29) is 18.6 Å². The topological polar surface area (TPSA) is 79.2 Å². The van der Waals surface area contributed by atoms with Crippen molar-refractivity contribution < 1.29 is 9.90 Å². The number of rotatable bonds is 3. The minimum absolute atomic E-state index is 0.0263. The Morgan fingerprint density at radius 1 is 1.29 bits per heavy atom. The van der Waals surface area contributed by atoms with Crippen LogP contribution in [-0.2, 0) is 0 Å². The van der Waals surface area contributed by atoms with Crippen LogP contribution in [0.3, 0.4) is 0 Å². The standard InChI is InChI=1S/C18H22N4O2/c1-12-4-6-14(11-23)22(10-12)18(24)16-15(7-5-13(2)21-16)17-19-8-3-9-20-17/h3,5,7-9,12,14,23H,4,6,10-11H2,1-2H3. The molecule has 24 heavy (non-hydrogen) atoms. The van der Waals surface area contributed by atoms with Gasteiger partial charge in [0.1, 0.15) is 5.69 Å². The second-order valence-corrected chi connectivity index (χ2v) is 6.40. The van der Waals surface area contributed by atoms with Crippen LogP contribution in [0.15, 0.2) is 30.6 Å². The Labute approximate surface area is 141 Å². The second kappa shape index (κ2) is 7.05. The van der Waals surface area contributed by atoms with Gasteiger partial charge in [-0.05, 0) is 43.9 Å². The highest BCUT2D eigenvalue weighted by molar-refractivity contribution is 5.98. The molecule has 2 aromatic rings. The van der Waals surface area contributed by atoms with Gasteiger partial charge in [0.05, 0.1) is 18.2 Å². The Hall–Kier alpha value is -2.34. The summed E-state index contributed by atoms with van der Waals surface area (Å²) in [6.45, 7) is 4.59. The third kappa shape index (κ3) is 3.28. The molecule has 0 radical (unpaired) electrons. The number of amides is 1. The number of carbonyl (C=O) groups is 1. The Bertz CT molecular complexity index is 720. The molecule has 0 bridgehead atoms. The van der Waals surface area contributed by atoms with Crippen molar-refractivity contribution in [3.63, 3.8) is 0 Å². The zero-order valence-corrected chi connectivity index (χ0v) is 14.0. The summed E-state index contributed by atoms with van der Waals surface area (Å²) >= 11 is 0. The normalized spacial score (nSPS) is 20.9. The van der Waals surface area contributed by atoms with Gasteiger partial charge >= 0.3 is 0 Å². The van der Waals surface area contributed by atoms with Gasteiger partial charge in [0.25, 0.3) is 5.91 Å². The van der Waals surface area contributed by atoms with Gasteiger partial charge in [-0.2, -0.15) is 0 Å². The van der Waals surface area contributed by atoms with E-state index < -0.39 is 0 Å². The van der Waals surface area contributed by atoms with Crippen molar-refractivity contribution in [3.05, 3.63) is 42.0 Å². The molecule has 0 aliphatic carbocycles. The monoisotopic (exact) mass is 326 g/mol. The molecule has 1 aliphatic rings.